The van der Waals surface area contributed by atoms with Crippen LogP contribution in [0.15, 0.2) is 0 Å². The first kappa shape index (κ1) is 7.56. The van der Waals surface area contributed by atoms with Gasteiger partial charge in [-0.15, -0.1) is 0 Å². The van der Waals surface area contributed by atoms with Crippen LogP contribution in [0, 0.1) is 5.92 Å². The van der Waals surface area contributed by atoms with Gasteiger partial charge in [0.15, 0.2) is 0 Å². The van der Waals surface area contributed by atoms with Gasteiger partial charge >= 0.3 is 0 Å². The summed E-state index contributed by atoms with van der Waals surface area (Å²) >= 11 is 0. The molecule has 2 aliphatic rings. The van der Waals surface area contributed by atoms with Gasteiger partial charge in [-0.1, -0.05) is 12.8 Å². The van der Waals surface area contributed by atoms with Crippen molar-refractivity contribution in [3.8, 4) is 0 Å². The summed E-state index contributed by atoms with van der Waals surface area (Å²) < 4.78 is 5.70. The fraction of sp³-hybridized carbons (Fsp3) is 1.00. The van der Waals surface area contributed by atoms with Crippen molar-refractivity contribution in [1.82, 2.24) is 5.32 Å². The van der Waals surface area contributed by atoms with Crippen LogP contribution < -0.4 is 5.32 Å². The molecule has 2 fully saturated rings. The minimum atomic E-state index is 0.538. The zero-order valence-corrected chi connectivity index (χ0v) is 7.01. The molecule has 2 rings (SSSR count). The van der Waals surface area contributed by atoms with E-state index in [0.29, 0.717) is 6.10 Å². The van der Waals surface area contributed by atoms with Crippen molar-refractivity contribution >= 4 is 0 Å². The van der Waals surface area contributed by atoms with E-state index in [-0.39, 0.29) is 0 Å². The lowest BCUT2D eigenvalue weighted by Gasteiger charge is -2.28. The van der Waals surface area contributed by atoms with Gasteiger partial charge in [0.1, 0.15) is 0 Å². The van der Waals surface area contributed by atoms with E-state index in [1.54, 1.807) is 0 Å². The smallest absolute Gasteiger partial charge is 0.0823 e. The Morgan fingerprint density at radius 2 is 1.91 bits per heavy atom. The number of rotatable bonds is 3. The summed E-state index contributed by atoms with van der Waals surface area (Å²) in [5, 5.41) is 3.21. The van der Waals surface area contributed by atoms with Crippen LogP contribution in [0.1, 0.15) is 25.7 Å². The quantitative estimate of drug-likeness (QED) is 0.660. The van der Waals surface area contributed by atoms with Crippen molar-refractivity contribution < 1.29 is 4.74 Å². The van der Waals surface area contributed by atoms with Gasteiger partial charge in [-0.05, 0) is 18.8 Å². The van der Waals surface area contributed by atoms with Gasteiger partial charge in [-0.3, -0.25) is 0 Å². The van der Waals surface area contributed by atoms with Crippen LogP contribution in [0.25, 0.3) is 0 Å². The Labute approximate surface area is 68.3 Å². The topological polar surface area (TPSA) is 21.3 Å². The molecule has 0 aromatic heterocycles. The van der Waals surface area contributed by atoms with Gasteiger partial charge in [0.05, 0.1) is 6.10 Å². The molecule has 0 unspecified atom stereocenters. The van der Waals surface area contributed by atoms with Gasteiger partial charge < -0.3 is 10.1 Å². The Morgan fingerprint density at radius 1 is 1.18 bits per heavy atom. The summed E-state index contributed by atoms with van der Waals surface area (Å²) in [6, 6.07) is 0. The van der Waals surface area contributed by atoms with Gasteiger partial charge in [0, 0.05) is 19.7 Å². The highest BCUT2D eigenvalue weighted by atomic mass is 16.5. The minimum Gasteiger partial charge on any atom is -0.375 e. The second kappa shape index (κ2) is 3.55. The summed E-state index contributed by atoms with van der Waals surface area (Å²) in [6.45, 7) is 3.17. The summed E-state index contributed by atoms with van der Waals surface area (Å²) in [7, 11) is 0. The molecule has 1 N–H and O–H groups in total. The Hall–Kier alpha value is -0.0800. The third-order valence-corrected chi connectivity index (χ3v) is 2.79. The van der Waals surface area contributed by atoms with Crippen LogP contribution in [-0.2, 0) is 4.74 Å². The molecule has 0 atom stereocenters. The van der Waals surface area contributed by atoms with Crippen LogP contribution in [0.4, 0.5) is 0 Å². The molecule has 0 radical (unpaired) electrons. The van der Waals surface area contributed by atoms with E-state index in [4.69, 9.17) is 4.74 Å². The molecule has 2 nitrogen and oxygen atoms in total. The third kappa shape index (κ3) is 1.94. The van der Waals surface area contributed by atoms with Gasteiger partial charge in [0.25, 0.3) is 0 Å². The summed E-state index contributed by atoms with van der Waals surface area (Å²) in [5.41, 5.74) is 0. The molecular weight excluding hydrogens is 138 g/mol. The molecular formula is C9H17NO. The molecule has 0 spiro atoms. The fourth-order valence-corrected chi connectivity index (χ4v) is 1.83. The maximum Gasteiger partial charge on any atom is 0.0823 e. The van der Waals surface area contributed by atoms with Crippen molar-refractivity contribution in [2.24, 2.45) is 5.92 Å². The Balaban J connectivity index is 1.57. The zero-order valence-electron chi connectivity index (χ0n) is 7.01. The van der Waals surface area contributed by atoms with Crippen molar-refractivity contribution in [3.05, 3.63) is 0 Å². The minimum absolute atomic E-state index is 0.538. The van der Waals surface area contributed by atoms with Crippen LogP contribution in [0.5, 0.6) is 0 Å². The molecule has 0 aromatic carbocycles. The number of nitrogens with one attached hydrogen (secondary N) is 1. The van der Waals surface area contributed by atoms with Crippen molar-refractivity contribution in [3.63, 3.8) is 0 Å². The predicted molar refractivity (Wildman–Crippen MR) is 44.6 cm³/mol. The lowest BCUT2D eigenvalue weighted by atomic mass is 10.1. The third-order valence-electron chi connectivity index (χ3n) is 2.79. The van der Waals surface area contributed by atoms with Crippen molar-refractivity contribution in [2.75, 3.05) is 19.7 Å². The van der Waals surface area contributed by atoms with E-state index in [1.807, 2.05) is 0 Å². The lowest BCUT2D eigenvalue weighted by molar-refractivity contribution is 0.000425. The zero-order chi connectivity index (χ0) is 7.52. The molecule has 64 valence electrons. The van der Waals surface area contributed by atoms with Crippen LogP contribution in [0.3, 0.4) is 0 Å². The molecule has 1 saturated carbocycles. The van der Waals surface area contributed by atoms with E-state index in [2.05, 4.69) is 5.32 Å². The Kier molecular flexibility index (Phi) is 2.44. The van der Waals surface area contributed by atoms with E-state index in [1.165, 1.54) is 25.7 Å². The fourth-order valence-electron chi connectivity index (χ4n) is 1.83. The Morgan fingerprint density at radius 3 is 2.45 bits per heavy atom. The summed E-state index contributed by atoms with van der Waals surface area (Å²) in [5.74, 6) is 0.885. The summed E-state index contributed by atoms with van der Waals surface area (Å²) in [4.78, 5) is 0. The maximum absolute atomic E-state index is 5.70. The molecule has 2 heteroatoms. The van der Waals surface area contributed by atoms with Crippen LogP contribution >= 0.6 is 0 Å². The number of ether oxygens (including phenoxy) is 1. The average molecular weight is 155 g/mol. The largest absolute Gasteiger partial charge is 0.375 e. The first-order valence-corrected chi connectivity index (χ1v) is 4.77. The van der Waals surface area contributed by atoms with Gasteiger partial charge in [0.2, 0.25) is 0 Å². The Bertz CT molecular complexity index is 117. The molecule has 0 amide bonds. The molecule has 1 aliphatic carbocycles. The highest BCUT2D eigenvalue weighted by Crippen LogP contribution is 2.25. The standard InChI is InChI=1S/C9H17NO/c1-2-4-8(3-1)7-11-9-5-10-6-9/h8-10H,1-7H2. The van der Waals surface area contributed by atoms with Crippen LogP contribution in [0.2, 0.25) is 0 Å². The lowest BCUT2D eigenvalue weighted by Crippen LogP contribution is -2.48. The monoisotopic (exact) mass is 155 g/mol. The van der Waals surface area contributed by atoms with Crippen molar-refractivity contribution in [1.29, 1.82) is 0 Å². The van der Waals surface area contributed by atoms with Crippen molar-refractivity contribution in [2.45, 2.75) is 31.8 Å². The normalized spacial score (nSPS) is 27.3. The second-order valence-corrected chi connectivity index (χ2v) is 3.76. The van der Waals surface area contributed by atoms with Gasteiger partial charge in [-0.2, -0.15) is 0 Å². The highest BCUT2D eigenvalue weighted by molar-refractivity contribution is 4.76. The van der Waals surface area contributed by atoms with E-state index >= 15 is 0 Å². The van der Waals surface area contributed by atoms with Gasteiger partial charge in [-0.25, -0.2) is 0 Å². The van der Waals surface area contributed by atoms with E-state index < -0.39 is 0 Å². The SMILES string of the molecule is C1CCC(COC2CNC2)C1. The van der Waals surface area contributed by atoms with E-state index in [9.17, 15) is 0 Å². The summed E-state index contributed by atoms with van der Waals surface area (Å²) in [6.07, 6.45) is 6.20. The molecule has 1 saturated heterocycles. The molecule has 0 aromatic rings. The first-order valence-electron chi connectivity index (χ1n) is 4.77. The number of hydrogen-bond donors (Lipinski definition) is 1. The molecule has 1 heterocycles. The van der Waals surface area contributed by atoms with Crippen LogP contribution in [-0.4, -0.2) is 25.8 Å². The maximum atomic E-state index is 5.70. The predicted octanol–water partition coefficient (Wildman–Crippen LogP) is 1.17. The molecule has 0 bridgehead atoms. The highest BCUT2D eigenvalue weighted by Gasteiger charge is 2.20. The first-order chi connectivity index (χ1) is 5.45. The number of hydrogen-bond acceptors (Lipinski definition) is 2. The second-order valence-electron chi connectivity index (χ2n) is 3.76. The molecule has 11 heavy (non-hydrogen) atoms. The molecule has 1 aliphatic heterocycles. The van der Waals surface area contributed by atoms with E-state index in [0.717, 1.165) is 25.6 Å². The average Bonchev–Trinajstić information content (AvgIpc) is 2.36.